The van der Waals surface area contributed by atoms with Crippen LogP contribution in [0.25, 0.3) is 10.9 Å². The van der Waals surface area contributed by atoms with Crippen molar-refractivity contribution in [2.45, 2.75) is 56.9 Å². The lowest BCUT2D eigenvalue weighted by molar-refractivity contribution is -0.132. The van der Waals surface area contributed by atoms with Crippen molar-refractivity contribution in [1.29, 1.82) is 0 Å². The van der Waals surface area contributed by atoms with Crippen molar-refractivity contribution < 1.29 is 9.59 Å². The van der Waals surface area contributed by atoms with Gasteiger partial charge >= 0.3 is 0 Å². The molecule has 5 nitrogen and oxygen atoms in total. The molecule has 1 aliphatic heterocycles. The molecule has 1 N–H and O–H groups in total. The number of nitrogens with zero attached hydrogens (tertiary/aromatic N) is 2. The first-order valence-electron chi connectivity index (χ1n) is 12.0. The van der Waals surface area contributed by atoms with Crippen molar-refractivity contribution in [3.05, 3.63) is 60.3 Å². The number of piperidine rings is 1. The third-order valence-electron chi connectivity index (χ3n) is 6.18. The standard InChI is InChI=1S/C27H33N3O2S/c1-2-3-9-21-12-14-22(15-13-21)28-26(31)20-33-25-18-30(24-11-6-5-10-23(24)25)19-27(32)29-16-7-4-8-17-29/h5-6,10-15,18H,2-4,7-9,16-17,19-20H2,1H3,(H,28,31). The Labute approximate surface area is 200 Å². The van der Waals surface area contributed by atoms with E-state index in [1.807, 2.05) is 46.0 Å². The lowest BCUT2D eigenvalue weighted by atomic mass is 10.1. The highest BCUT2D eigenvalue weighted by Crippen LogP contribution is 2.30. The van der Waals surface area contributed by atoms with Crippen molar-refractivity contribution in [2.24, 2.45) is 0 Å². The molecule has 1 fully saturated rings. The number of amides is 2. The maximum atomic E-state index is 12.8. The van der Waals surface area contributed by atoms with Crippen molar-refractivity contribution in [3.8, 4) is 0 Å². The number of carbonyl (C=O) groups excluding carboxylic acids is 2. The summed E-state index contributed by atoms with van der Waals surface area (Å²) >= 11 is 1.52. The molecule has 0 atom stereocenters. The first-order valence-corrected chi connectivity index (χ1v) is 13.0. The Morgan fingerprint density at radius 2 is 1.76 bits per heavy atom. The number of thioether (sulfide) groups is 1. The molecule has 0 radical (unpaired) electrons. The smallest absolute Gasteiger partial charge is 0.242 e. The first kappa shape index (κ1) is 23.4. The minimum absolute atomic E-state index is 0.0254. The Bertz CT molecular complexity index is 1080. The molecular weight excluding hydrogens is 430 g/mol. The molecule has 3 aromatic rings. The van der Waals surface area contributed by atoms with Gasteiger partial charge in [0.15, 0.2) is 0 Å². The Hall–Kier alpha value is -2.73. The van der Waals surface area contributed by atoms with Crippen LogP contribution in [0.2, 0.25) is 0 Å². The molecule has 1 aromatic heterocycles. The molecule has 0 bridgehead atoms. The number of nitrogens with one attached hydrogen (secondary N) is 1. The van der Waals surface area contributed by atoms with Crippen LogP contribution in [0.4, 0.5) is 5.69 Å². The monoisotopic (exact) mass is 463 g/mol. The minimum Gasteiger partial charge on any atom is -0.341 e. The van der Waals surface area contributed by atoms with Gasteiger partial charge in [-0.2, -0.15) is 0 Å². The van der Waals surface area contributed by atoms with Gasteiger partial charge in [-0.25, -0.2) is 0 Å². The van der Waals surface area contributed by atoms with E-state index in [1.165, 1.54) is 36.6 Å². The summed E-state index contributed by atoms with van der Waals surface area (Å²) in [4.78, 5) is 28.4. The van der Waals surface area contributed by atoms with Gasteiger partial charge in [0.25, 0.3) is 0 Å². The molecule has 1 saturated heterocycles. The van der Waals surface area contributed by atoms with Crippen molar-refractivity contribution >= 4 is 40.2 Å². The summed E-state index contributed by atoms with van der Waals surface area (Å²) in [7, 11) is 0. The van der Waals surface area contributed by atoms with Gasteiger partial charge in [0.05, 0.1) is 5.75 Å². The number of unbranched alkanes of at least 4 members (excludes halogenated alkanes) is 1. The Balaban J connectivity index is 1.38. The number of benzene rings is 2. The van der Waals surface area contributed by atoms with E-state index < -0.39 is 0 Å². The summed E-state index contributed by atoms with van der Waals surface area (Å²) in [6, 6.07) is 16.2. The largest absolute Gasteiger partial charge is 0.341 e. The van der Waals surface area contributed by atoms with E-state index in [2.05, 4.69) is 30.4 Å². The van der Waals surface area contributed by atoms with E-state index >= 15 is 0 Å². The molecule has 0 aliphatic carbocycles. The minimum atomic E-state index is -0.0254. The fraction of sp³-hybridized carbons (Fsp3) is 0.407. The second-order valence-corrected chi connectivity index (χ2v) is 9.73. The number of fused-ring (bicyclic) bond motifs is 1. The van der Waals surface area contributed by atoms with E-state index in [0.29, 0.717) is 12.3 Å². The number of likely N-dealkylation sites (tertiary alicyclic amines) is 1. The van der Waals surface area contributed by atoms with Crippen LogP contribution in [-0.4, -0.2) is 40.1 Å². The zero-order chi connectivity index (χ0) is 23.0. The zero-order valence-corrected chi connectivity index (χ0v) is 20.2. The third-order valence-corrected chi connectivity index (χ3v) is 7.22. The average Bonchev–Trinajstić information content (AvgIpc) is 3.20. The highest BCUT2D eigenvalue weighted by Gasteiger charge is 2.19. The highest BCUT2D eigenvalue weighted by molar-refractivity contribution is 8.00. The quantitative estimate of drug-likeness (QED) is 0.413. The lowest BCUT2D eigenvalue weighted by Crippen LogP contribution is -2.37. The maximum Gasteiger partial charge on any atom is 0.242 e. The lowest BCUT2D eigenvalue weighted by Gasteiger charge is -2.27. The summed E-state index contributed by atoms with van der Waals surface area (Å²) < 4.78 is 2.03. The van der Waals surface area contributed by atoms with Gasteiger partial charge in [-0.3, -0.25) is 9.59 Å². The molecule has 174 valence electrons. The molecule has 6 heteroatoms. The number of aromatic nitrogens is 1. The van der Waals surface area contributed by atoms with Crippen LogP contribution in [0.5, 0.6) is 0 Å². The van der Waals surface area contributed by atoms with Gasteiger partial charge in [-0.05, 0) is 55.9 Å². The van der Waals surface area contributed by atoms with Gasteiger partial charge in [0.2, 0.25) is 11.8 Å². The van der Waals surface area contributed by atoms with Crippen molar-refractivity contribution in [1.82, 2.24) is 9.47 Å². The van der Waals surface area contributed by atoms with Gasteiger partial charge < -0.3 is 14.8 Å². The summed E-state index contributed by atoms with van der Waals surface area (Å²) in [5, 5.41) is 4.08. The summed E-state index contributed by atoms with van der Waals surface area (Å²) in [6.07, 6.45) is 8.85. The van der Waals surface area contributed by atoms with Crippen LogP contribution in [0.3, 0.4) is 0 Å². The highest BCUT2D eigenvalue weighted by atomic mass is 32.2. The molecular formula is C27H33N3O2S. The number of hydrogen-bond acceptors (Lipinski definition) is 3. The molecule has 33 heavy (non-hydrogen) atoms. The van der Waals surface area contributed by atoms with Crippen LogP contribution < -0.4 is 5.32 Å². The first-order chi connectivity index (χ1) is 16.1. The van der Waals surface area contributed by atoms with E-state index in [4.69, 9.17) is 0 Å². The SMILES string of the molecule is CCCCc1ccc(NC(=O)CSc2cn(CC(=O)N3CCCCC3)c3ccccc23)cc1. The van der Waals surface area contributed by atoms with E-state index in [0.717, 1.165) is 53.8 Å². The fourth-order valence-corrected chi connectivity index (χ4v) is 5.21. The number of carbonyl (C=O) groups is 2. The second kappa shape index (κ2) is 11.4. The molecule has 0 spiro atoms. The Morgan fingerprint density at radius 1 is 1.00 bits per heavy atom. The molecule has 4 rings (SSSR count). The van der Waals surface area contributed by atoms with Crippen molar-refractivity contribution in [3.63, 3.8) is 0 Å². The van der Waals surface area contributed by atoms with Gasteiger partial charge in [0, 0.05) is 40.8 Å². The van der Waals surface area contributed by atoms with Crippen LogP contribution in [0, 0.1) is 0 Å². The van der Waals surface area contributed by atoms with Gasteiger partial charge in [-0.1, -0.05) is 43.7 Å². The van der Waals surface area contributed by atoms with Crippen LogP contribution in [-0.2, 0) is 22.6 Å². The van der Waals surface area contributed by atoms with E-state index in [1.54, 1.807) is 0 Å². The maximum absolute atomic E-state index is 12.8. The zero-order valence-electron chi connectivity index (χ0n) is 19.4. The fourth-order valence-electron chi connectivity index (χ4n) is 4.32. The van der Waals surface area contributed by atoms with Crippen molar-refractivity contribution in [2.75, 3.05) is 24.2 Å². The molecule has 2 aromatic carbocycles. The van der Waals surface area contributed by atoms with E-state index in [9.17, 15) is 9.59 Å². The van der Waals surface area contributed by atoms with Crippen LogP contribution in [0.1, 0.15) is 44.6 Å². The summed E-state index contributed by atoms with van der Waals surface area (Å²) in [5.41, 5.74) is 3.17. The summed E-state index contributed by atoms with van der Waals surface area (Å²) in [6.45, 7) is 4.26. The second-order valence-electron chi connectivity index (χ2n) is 8.72. The van der Waals surface area contributed by atoms with Crippen LogP contribution >= 0.6 is 11.8 Å². The molecule has 2 amide bonds. The number of anilines is 1. The molecule has 0 unspecified atom stereocenters. The Morgan fingerprint density at radius 3 is 2.52 bits per heavy atom. The van der Waals surface area contributed by atoms with Crippen LogP contribution in [0.15, 0.2) is 59.6 Å². The normalized spacial score (nSPS) is 13.9. The molecule has 2 heterocycles. The number of hydrogen-bond donors (Lipinski definition) is 1. The number of aryl methyl sites for hydroxylation is 1. The molecule has 1 aliphatic rings. The van der Waals surface area contributed by atoms with Gasteiger partial charge in [0.1, 0.15) is 6.54 Å². The van der Waals surface area contributed by atoms with Gasteiger partial charge in [-0.15, -0.1) is 11.8 Å². The summed E-state index contributed by atoms with van der Waals surface area (Å²) in [5.74, 6) is 0.473. The Kier molecular flexibility index (Phi) is 8.10. The predicted molar refractivity (Wildman–Crippen MR) is 137 cm³/mol. The molecule has 0 saturated carbocycles. The predicted octanol–water partition coefficient (Wildman–Crippen LogP) is 5.73. The van der Waals surface area contributed by atoms with E-state index in [-0.39, 0.29) is 11.8 Å². The topological polar surface area (TPSA) is 54.3 Å². The average molecular weight is 464 g/mol. The third kappa shape index (κ3) is 6.20. The number of para-hydroxylation sites is 1. The number of rotatable bonds is 9.